The molecule has 0 radical (unpaired) electrons. The van der Waals surface area contributed by atoms with Gasteiger partial charge in [0.15, 0.2) is 6.10 Å². The van der Waals surface area contributed by atoms with E-state index in [2.05, 4.69) is 130 Å². The highest BCUT2D eigenvalue weighted by Gasteiger charge is 2.19. The van der Waals surface area contributed by atoms with E-state index in [4.69, 9.17) is 14.2 Å². The standard InChI is InChI=1S/C76H130O6/c1-4-7-10-13-16-19-22-24-26-28-30-31-32-33-34-35-36-37-38-39-40-41-42-43-44-45-46-48-49-51-54-57-60-63-66-69-75(78)81-72-73(71-80-74(77)68-65-62-59-56-53-21-18-15-12-9-6-3)82-76(79)70-67-64-61-58-55-52-50-47-29-27-25-23-20-17-14-11-8-5-2/h7,10,16,19,24,26,30-31,33-34,36-37,39-40,42-43,45-46,73H,4-6,8-9,11-15,17-18,20-23,25,27-29,32,35,38,41,44,47-72H2,1-3H3/b10-7-,19-16-,26-24-,31-30-,34-33-,37-36-,40-39-,43-42-,46-45-. The Hall–Kier alpha value is -3.93. The van der Waals surface area contributed by atoms with E-state index in [9.17, 15) is 14.4 Å². The molecule has 0 amide bonds. The van der Waals surface area contributed by atoms with Crippen LogP contribution in [0.4, 0.5) is 0 Å². The Bertz CT molecular complexity index is 1640. The molecule has 6 heteroatoms. The summed E-state index contributed by atoms with van der Waals surface area (Å²) >= 11 is 0. The average molecular weight is 1140 g/mol. The van der Waals surface area contributed by atoms with Gasteiger partial charge >= 0.3 is 17.9 Å². The van der Waals surface area contributed by atoms with Gasteiger partial charge in [-0.1, -0.05) is 336 Å². The molecule has 1 atom stereocenters. The molecule has 0 saturated heterocycles. The van der Waals surface area contributed by atoms with Crippen LogP contribution in [0.2, 0.25) is 0 Å². The van der Waals surface area contributed by atoms with E-state index in [0.29, 0.717) is 19.3 Å². The Morgan fingerprint density at radius 2 is 0.476 bits per heavy atom. The number of hydrogen-bond donors (Lipinski definition) is 0. The highest BCUT2D eigenvalue weighted by Crippen LogP contribution is 2.17. The van der Waals surface area contributed by atoms with Gasteiger partial charge in [0, 0.05) is 19.3 Å². The summed E-state index contributed by atoms with van der Waals surface area (Å²) in [5.41, 5.74) is 0. The van der Waals surface area contributed by atoms with Crippen molar-refractivity contribution in [3.63, 3.8) is 0 Å². The first-order valence-electron chi connectivity index (χ1n) is 34.9. The minimum atomic E-state index is -0.780. The Kier molecular flexibility index (Phi) is 66.2. The van der Waals surface area contributed by atoms with Crippen LogP contribution < -0.4 is 0 Å². The summed E-state index contributed by atoms with van der Waals surface area (Å²) in [6.07, 6.45) is 95.4. The van der Waals surface area contributed by atoms with Crippen molar-refractivity contribution < 1.29 is 28.6 Å². The van der Waals surface area contributed by atoms with Crippen LogP contribution in [0.1, 0.15) is 335 Å². The fraction of sp³-hybridized carbons (Fsp3) is 0.724. The molecule has 0 fully saturated rings. The van der Waals surface area contributed by atoms with Gasteiger partial charge in [-0.3, -0.25) is 14.4 Å². The summed E-state index contributed by atoms with van der Waals surface area (Å²) in [7, 11) is 0. The lowest BCUT2D eigenvalue weighted by molar-refractivity contribution is -0.167. The zero-order valence-corrected chi connectivity index (χ0v) is 54.0. The third-order valence-electron chi connectivity index (χ3n) is 15.0. The van der Waals surface area contributed by atoms with Gasteiger partial charge in [0.25, 0.3) is 0 Å². The molecule has 0 bridgehead atoms. The number of carbonyl (C=O) groups is 3. The molecular formula is C76H130O6. The zero-order valence-electron chi connectivity index (χ0n) is 54.0. The van der Waals surface area contributed by atoms with Crippen LogP contribution in [-0.4, -0.2) is 37.2 Å². The molecule has 0 saturated carbocycles. The van der Waals surface area contributed by atoms with Crippen LogP contribution >= 0.6 is 0 Å². The zero-order chi connectivity index (χ0) is 59.2. The number of hydrogen-bond acceptors (Lipinski definition) is 6. The predicted molar refractivity (Wildman–Crippen MR) is 357 cm³/mol. The predicted octanol–water partition coefficient (Wildman–Crippen LogP) is 24.2. The average Bonchev–Trinajstić information content (AvgIpc) is 3.47. The SMILES string of the molecule is CC/C=C\C/C=C\C/C=C\C/C=C\C/C=C\C/C=C\C/C=C\C/C=C\C/C=C\CCCCCCCCCC(=O)OCC(COC(=O)CCCCCCCCCCCCC)OC(=O)CCCCCCCCCCCCCCCCCCCC. The van der Waals surface area contributed by atoms with E-state index in [0.717, 1.165) is 122 Å². The van der Waals surface area contributed by atoms with Crippen LogP contribution in [0.15, 0.2) is 109 Å². The number of allylic oxidation sites excluding steroid dienone is 18. The summed E-state index contributed by atoms with van der Waals surface area (Å²) < 4.78 is 16.9. The molecule has 0 aromatic rings. The van der Waals surface area contributed by atoms with Crippen molar-refractivity contribution in [2.75, 3.05) is 13.2 Å². The van der Waals surface area contributed by atoms with Crippen molar-refractivity contribution in [2.24, 2.45) is 0 Å². The van der Waals surface area contributed by atoms with E-state index < -0.39 is 6.10 Å². The molecule has 0 N–H and O–H groups in total. The molecule has 0 spiro atoms. The minimum Gasteiger partial charge on any atom is -0.462 e. The quantitative estimate of drug-likeness (QED) is 0.0261. The number of unbranched alkanes of at least 4 members (excludes halogenated alkanes) is 34. The second-order valence-electron chi connectivity index (χ2n) is 23.1. The van der Waals surface area contributed by atoms with Crippen LogP contribution in [0.3, 0.4) is 0 Å². The van der Waals surface area contributed by atoms with E-state index in [1.165, 1.54) is 173 Å². The summed E-state index contributed by atoms with van der Waals surface area (Å²) in [5, 5.41) is 0. The highest BCUT2D eigenvalue weighted by molar-refractivity contribution is 5.71. The van der Waals surface area contributed by atoms with Gasteiger partial charge in [0.1, 0.15) is 13.2 Å². The van der Waals surface area contributed by atoms with Crippen molar-refractivity contribution in [1.29, 1.82) is 0 Å². The fourth-order valence-electron chi connectivity index (χ4n) is 9.85. The first-order chi connectivity index (χ1) is 40.5. The summed E-state index contributed by atoms with van der Waals surface area (Å²) in [6.45, 7) is 6.55. The molecule has 0 aliphatic carbocycles. The Labute approximate surface area is 508 Å². The van der Waals surface area contributed by atoms with Crippen LogP contribution in [0.25, 0.3) is 0 Å². The molecule has 1 unspecified atom stereocenters. The fourth-order valence-corrected chi connectivity index (χ4v) is 9.85. The molecule has 6 nitrogen and oxygen atoms in total. The van der Waals surface area contributed by atoms with Gasteiger partial charge < -0.3 is 14.2 Å². The van der Waals surface area contributed by atoms with Gasteiger partial charge in [-0.05, 0) is 89.9 Å². The third-order valence-corrected chi connectivity index (χ3v) is 15.0. The van der Waals surface area contributed by atoms with Crippen LogP contribution in [0, 0.1) is 0 Å². The lowest BCUT2D eigenvalue weighted by Gasteiger charge is -2.18. The van der Waals surface area contributed by atoms with Crippen molar-refractivity contribution in [3.05, 3.63) is 109 Å². The maximum atomic E-state index is 12.9. The topological polar surface area (TPSA) is 78.9 Å². The van der Waals surface area contributed by atoms with Gasteiger partial charge in [0.05, 0.1) is 0 Å². The number of ether oxygens (including phenoxy) is 3. The first kappa shape index (κ1) is 78.1. The first-order valence-corrected chi connectivity index (χ1v) is 34.9. The Morgan fingerprint density at radius 1 is 0.256 bits per heavy atom. The van der Waals surface area contributed by atoms with E-state index in [1.807, 2.05) is 0 Å². The third kappa shape index (κ3) is 66.9. The molecule has 0 aliphatic rings. The van der Waals surface area contributed by atoms with Crippen LogP contribution in [-0.2, 0) is 28.6 Å². The van der Waals surface area contributed by atoms with Crippen molar-refractivity contribution >= 4 is 17.9 Å². The maximum absolute atomic E-state index is 12.9. The van der Waals surface area contributed by atoms with Gasteiger partial charge in [-0.2, -0.15) is 0 Å². The molecule has 0 heterocycles. The Morgan fingerprint density at radius 3 is 0.744 bits per heavy atom. The summed E-state index contributed by atoms with van der Waals surface area (Å²) in [5.74, 6) is -0.874. The monoisotopic (exact) mass is 1140 g/mol. The number of carbonyl (C=O) groups excluding carboxylic acids is 3. The van der Waals surface area contributed by atoms with Crippen molar-refractivity contribution in [3.8, 4) is 0 Å². The number of esters is 3. The largest absolute Gasteiger partial charge is 0.462 e. The van der Waals surface area contributed by atoms with Crippen molar-refractivity contribution in [1.82, 2.24) is 0 Å². The minimum absolute atomic E-state index is 0.0764. The molecule has 82 heavy (non-hydrogen) atoms. The van der Waals surface area contributed by atoms with E-state index in [-0.39, 0.29) is 31.1 Å². The maximum Gasteiger partial charge on any atom is 0.306 e. The van der Waals surface area contributed by atoms with Gasteiger partial charge in [-0.15, -0.1) is 0 Å². The molecule has 470 valence electrons. The summed E-state index contributed by atoms with van der Waals surface area (Å²) in [4.78, 5) is 38.3. The van der Waals surface area contributed by atoms with E-state index >= 15 is 0 Å². The molecular weight excluding hydrogens is 1010 g/mol. The van der Waals surface area contributed by atoms with Gasteiger partial charge in [-0.25, -0.2) is 0 Å². The van der Waals surface area contributed by atoms with Crippen molar-refractivity contribution in [2.45, 2.75) is 341 Å². The lowest BCUT2D eigenvalue weighted by atomic mass is 10.0. The second-order valence-corrected chi connectivity index (χ2v) is 23.1. The smallest absolute Gasteiger partial charge is 0.306 e. The molecule has 0 aromatic carbocycles. The second kappa shape index (κ2) is 69.6. The highest BCUT2D eigenvalue weighted by atomic mass is 16.6. The lowest BCUT2D eigenvalue weighted by Crippen LogP contribution is -2.30. The van der Waals surface area contributed by atoms with Crippen LogP contribution in [0.5, 0.6) is 0 Å². The van der Waals surface area contributed by atoms with Gasteiger partial charge in [0.2, 0.25) is 0 Å². The molecule has 0 rings (SSSR count). The normalized spacial score (nSPS) is 12.8. The number of rotatable bonds is 63. The Balaban J connectivity index is 4.23. The summed E-state index contributed by atoms with van der Waals surface area (Å²) in [6, 6.07) is 0. The molecule has 0 aliphatic heterocycles. The molecule has 0 aromatic heterocycles. The van der Waals surface area contributed by atoms with E-state index in [1.54, 1.807) is 0 Å².